The van der Waals surface area contributed by atoms with Crippen LogP contribution in [0.1, 0.15) is 58.4 Å². The van der Waals surface area contributed by atoms with Gasteiger partial charge in [-0.3, -0.25) is 9.59 Å². The number of amides is 2. The highest BCUT2D eigenvalue weighted by molar-refractivity contribution is 5.96. The number of aromatic nitrogens is 2. The molecule has 0 bridgehead atoms. The summed E-state index contributed by atoms with van der Waals surface area (Å²) in [5.41, 5.74) is 3.58. The Morgan fingerprint density at radius 2 is 1.69 bits per heavy atom. The van der Waals surface area contributed by atoms with Crippen molar-refractivity contribution in [1.82, 2.24) is 19.4 Å². The molecule has 26 heavy (non-hydrogen) atoms. The molecule has 0 unspecified atom stereocenters. The lowest BCUT2D eigenvalue weighted by Crippen LogP contribution is -2.37. The number of aryl methyl sites for hydroxylation is 1. The summed E-state index contributed by atoms with van der Waals surface area (Å²) in [7, 11) is 0. The van der Waals surface area contributed by atoms with Crippen LogP contribution in [0, 0.1) is 13.8 Å². The minimum Gasteiger partial charge on any atom is -0.367 e. The van der Waals surface area contributed by atoms with Crippen molar-refractivity contribution in [2.24, 2.45) is 0 Å². The Hall–Kier alpha value is -2.50. The highest BCUT2D eigenvalue weighted by Crippen LogP contribution is 2.22. The Labute approximate surface area is 154 Å². The van der Waals surface area contributed by atoms with Gasteiger partial charge in [0.2, 0.25) is 0 Å². The summed E-state index contributed by atoms with van der Waals surface area (Å²) in [5, 5.41) is 0. The number of H-pyrrole nitrogens is 1. The van der Waals surface area contributed by atoms with E-state index in [1.54, 1.807) is 18.5 Å². The van der Waals surface area contributed by atoms with Crippen molar-refractivity contribution in [2.75, 3.05) is 26.2 Å². The molecule has 0 spiro atoms. The van der Waals surface area contributed by atoms with Crippen molar-refractivity contribution in [3.63, 3.8) is 0 Å². The van der Waals surface area contributed by atoms with Crippen molar-refractivity contribution in [1.29, 1.82) is 0 Å². The molecule has 0 atom stereocenters. The van der Waals surface area contributed by atoms with Gasteiger partial charge in [0.05, 0.1) is 11.1 Å². The van der Waals surface area contributed by atoms with Crippen molar-refractivity contribution in [3.8, 4) is 0 Å². The van der Waals surface area contributed by atoms with Gasteiger partial charge >= 0.3 is 0 Å². The Morgan fingerprint density at radius 1 is 1.04 bits per heavy atom. The number of hydrogen-bond donors (Lipinski definition) is 1. The summed E-state index contributed by atoms with van der Waals surface area (Å²) in [4.78, 5) is 32.3. The van der Waals surface area contributed by atoms with Gasteiger partial charge in [-0.2, -0.15) is 0 Å². The molecule has 0 saturated carbocycles. The van der Waals surface area contributed by atoms with E-state index in [4.69, 9.17) is 0 Å². The lowest BCUT2D eigenvalue weighted by molar-refractivity contribution is 0.0718. The first-order valence-corrected chi connectivity index (χ1v) is 9.30. The smallest absolute Gasteiger partial charge is 0.255 e. The largest absolute Gasteiger partial charge is 0.367 e. The molecule has 6 heteroatoms. The van der Waals surface area contributed by atoms with Crippen LogP contribution < -0.4 is 0 Å². The van der Waals surface area contributed by atoms with Gasteiger partial charge in [0.15, 0.2) is 0 Å². The Balaban J connectivity index is 1.72. The van der Waals surface area contributed by atoms with Gasteiger partial charge in [-0.15, -0.1) is 0 Å². The lowest BCUT2D eigenvalue weighted by atomic mass is 10.2. The van der Waals surface area contributed by atoms with Gasteiger partial charge in [0.1, 0.15) is 0 Å². The quantitative estimate of drug-likeness (QED) is 0.919. The summed E-state index contributed by atoms with van der Waals surface area (Å²) in [6, 6.07) is 4.11. The van der Waals surface area contributed by atoms with Gasteiger partial charge in [0.25, 0.3) is 11.8 Å². The standard InChI is InChI=1S/C20H28N4O2/c1-14(2)24-15(3)12-18(16(24)4)20(26)23-9-5-8-22(10-11-23)19(25)17-6-7-21-13-17/h6-7,12-14,21H,5,8-11H2,1-4H3. The third-order valence-corrected chi connectivity index (χ3v) is 5.15. The van der Waals surface area contributed by atoms with E-state index in [1.807, 2.05) is 29.7 Å². The second kappa shape index (κ2) is 7.40. The molecule has 1 aliphatic rings. The number of nitrogens with zero attached hydrogens (tertiary/aromatic N) is 3. The summed E-state index contributed by atoms with van der Waals surface area (Å²) in [6.45, 7) is 10.8. The van der Waals surface area contributed by atoms with Crippen LogP contribution in [0.25, 0.3) is 0 Å². The predicted molar refractivity (Wildman–Crippen MR) is 102 cm³/mol. The fraction of sp³-hybridized carbons (Fsp3) is 0.500. The number of carbonyl (C=O) groups is 2. The Kier molecular flexibility index (Phi) is 5.20. The first-order valence-electron chi connectivity index (χ1n) is 9.30. The molecule has 3 rings (SSSR count). The number of carbonyl (C=O) groups excluding carboxylic acids is 2. The van der Waals surface area contributed by atoms with Crippen LogP contribution in [-0.4, -0.2) is 57.3 Å². The van der Waals surface area contributed by atoms with Crippen LogP contribution in [-0.2, 0) is 0 Å². The van der Waals surface area contributed by atoms with Crippen molar-refractivity contribution in [2.45, 2.75) is 40.2 Å². The van der Waals surface area contributed by atoms with Crippen LogP contribution in [0.4, 0.5) is 0 Å². The van der Waals surface area contributed by atoms with Crippen LogP contribution in [0.2, 0.25) is 0 Å². The molecule has 6 nitrogen and oxygen atoms in total. The normalized spacial score (nSPS) is 15.4. The second-order valence-corrected chi connectivity index (χ2v) is 7.29. The van der Waals surface area contributed by atoms with E-state index in [1.165, 1.54) is 0 Å². The molecule has 3 heterocycles. The van der Waals surface area contributed by atoms with Gasteiger partial charge in [-0.05, 0) is 46.2 Å². The average Bonchev–Trinajstić information content (AvgIpc) is 3.15. The zero-order valence-corrected chi connectivity index (χ0v) is 16.1. The van der Waals surface area contributed by atoms with Crippen molar-refractivity contribution in [3.05, 3.63) is 47.0 Å². The first kappa shape index (κ1) is 18.3. The Morgan fingerprint density at radius 3 is 2.23 bits per heavy atom. The predicted octanol–water partition coefficient (Wildman–Crippen LogP) is 3.00. The van der Waals surface area contributed by atoms with E-state index in [9.17, 15) is 9.59 Å². The van der Waals surface area contributed by atoms with Crippen LogP contribution >= 0.6 is 0 Å². The number of rotatable bonds is 3. The summed E-state index contributed by atoms with van der Waals surface area (Å²) in [5.74, 6) is 0.0967. The molecule has 1 N–H and O–H groups in total. The molecule has 2 amide bonds. The summed E-state index contributed by atoms with van der Waals surface area (Å²) < 4.78 is 2.20. The molecule has 1 fully saturated rings. The fourth-order valence-corrected chi connectivity index (χ4v) is 3.92. The highest BCUT2D eigenvalue weighted by Gasteiger charge is 2.26. The molecular weight excluding hydrogens is 328 g/mol. The molecule has 2 aromatic heterocycles. The molecule has 2 aromatic rings. The molecule has 1 saturated heterocycles. The van der Waals surface area contributed by atoms with E-state index < -0.39 is 0 Å². The maximum atomic E-state index is 13.1. The number of aromatic amines is 1. The topological polar surface area (TPSA) is 61.3 Å². The molecular formula is C20H28N4O2. The van der Waals surface area contributed by atoms with Crippen LogP contribution in [0.3, 0.4) is 0 Å². The minimum atomic E-state index is 0.0264. The maximum Gasteiger partial charge on any atom is 0.255 e. The third kappa shape index (κ3) is 3.41. The van der Waals surface area contributed by atoms with E-state index in [-0.39, 0.29) is 11.8 Å². The van der Waals surface area contributed by atoms with E-state index in [0.717, 1.165) is 23.4 Å². The maximum absolute atomic E-state index is 13.1. The zero-order chi connectivity index (χ0) is 18.8. The van der Waals surface area contributed by atoms with Gasteiger partial charge < -0.3 is 19.4 Å². The van der Waals surface area contributed by atoms with Gasteiger partial charge in [-0.25, -0.2) is 0 Å². The first-order chi connectivity index (χ1) is 12.4. The van der Waals surface area contributed by atoms with E-state index in [2.05, 4.69) is 23.4 Å². The summed E-state index contributed by atoms with van der Waals surface area (Å²) in [6.07, 6.45) is 4.27. The van der Waals surface area contributed by atoms with Gasteiger partial charge in [0, 0.05) is 56.0 Å². The number of nitrogens with one attached hydrogen (secondary N) is 1. The molecule has 1 aliphatic heterocycles. The van der Waals surface area contributed by atoms with Crippen molar-refractivity contribution >= 4 is 11.8 Å². The fourth-order valence-electron chi connectivity index (χ4n) is 3.92. The second-order valence-electron chi connectivity index (χ2n) is 7.29. The molecule has 140 valence electrons. The molecule has 0 aromatic carbocycles. The lowest BCUT2D eigenvalue weighted by Gasteiger charge is -2.22. The minimum absolute atomic E-state index is 0.0264. The monoisotopic (exact) mass is 356 g/mol. The average molecular weight is 356 g/mol. The summed E-state index contributed by atoms with van der Waals surface area (Å²) >= 11 is 0. The molecule has 0 radical (unpaired) electrons. The van der Waals surface area contributed by atoms with Crippen molar-refractivity contribution < 1.29 is 9.59 Å². The zero-order valence-electron chi connectivity index (χ0n) is 16.1. The number of hydrogen-bond acceptors (Lipinski definition) is 2. The van der Waals surface area contributed by atoms with E-state index in [0.29, 0.717) is 37.8 Å². The van der Waals surface area contributed by atoms with Gasteiger partial charge in [-0.1, -0.05) is 0 Å². The highest BCUT2D eigenvalue weighted by atomic mass is 16.2. The Bertz CT molecular complexity index is 789. The molecule has 0 aliphatic carbocycles. The van der Waals surface area contributed by atoms with Crippen LogP contribution in [0.5, 0.6) is 0 Å². The SMILES string of the molecule is Cc1cc(C(=O)N2CCCN(C(=O)c3cc[nH]c3)CC2)c(C)n1C(C)C. The third-order valence-electron chi connectivity index (χ3n) is 5.15. The van der Waals surface area contributed by atoms with E-state index >= 15 is 0 Å². The van der Waals surface area contributed by atoms with Crippen LogP contribution in [0.15, 0.2) is 24.5 Å².